The van der Waals surface area contributed by atoms with Crippen molar-refractivity contribution in [2.24, 2.45) is 0 Å². The molecule has 2 aromatic carbocycles. The highest BCUT2D eigenvalue weighted by atomic mass is 32.2. The first-order chi connectivity index (χ1) is 16.4. The lowest BCUT2D eigenvalue weighted by Gasteiger charge is -2.14. The number of nitrogens with one attached hydrogen (secondary N) is 3. The van der Waals surface area contributed by atoms with Crippen LogP contribution in [0.4, 0.5) is 30.4 Å². The van der Waals surface area contributed by atoms with Crippen molar-refractivity contribution in [2.45, 2.75) is 24.9 Å². The Morgan fingerprint density at radius 3 is 2.37 bits per heavy atom. The summed E-state index contributed by atoms with van der Waals surface area (Å²) >= 11 is 5.30. The molecule has 0 spiro atoms. The smallest absolute Gasteiger partial charge is 0.337 e. The third-order valence-electron chi connectivity index (χ3n) is 5.12. The van der Waals surface area contributed by atoms with Gasteiger partial charge in [-0.15, -0.1) is 0 Å². The number of fused-ring (bicyclic) bond motifs is 1. The van der Waals surface area contributed by atoms with E-state index >= 15 is 0 Å². The van der Waals surface area contributed by atoms with Gasteiger partial charge >= 0.3 is 6.18 Å². The molecule has 0 atom stereocenters. The van der Waals surface area contributed by atoms with E-state index < -0.39 is 21.8 Å². The van der Waals surface area contributed by atoms with Gasteiger partial charge in [0.1, 0.15) is 0 Å². The molecule has 8 nitrogen and oxygen atoms in total. The molecule has 0 radical (unpaired) electrons. The Kier molecular flexibility index (Phi) is 6.38. The molecule has 2 aromatic heterocycles. The molecule has 0 amide bonds. The molecule has 0 aliphatic heterocycles. The standard InChI is InChI=1S/C22H18F3N5O3S2/c1-12-13(2)29-33-20(12)30-35(31,32)16-6-4-15(5-7-16)27-21(34)28-18-9-10-26-19-11-14(22(23,24)25)3-8-17(18)19/h3-11,30H,1-2H3,(H2,26,27,28,34). The number of alkyl halides is 3. The summed E-state index contributed by atoms with van der Waals surface area (Å²) in [6, 6.07) is 10.6. The summed E-state index contributed by atoms with van der Waals surface area (Å²) in [6.45, 7) is 3.38. The number of thiocarbonyl (C=S) groups is 1. The van der Waals surface area contributed by atoms with Crippen LogP contribution in [0, 0.1) is 13.8 Å². The van der Waals surface area contributed by atoms with Crippen molar-refractivity contribution < 1.29 is 26.1 Å². The first-order valence-electron chi connectivity index (χ1n) is 10.0. The van der Waals surface area contributed by atoms with Crippen molar-refractivity contribution in [1.29, 1.82) is 0 Å². The van der Waals surface area contributed by atoms with Crippen LogP contribution in [0.3, 0.4) is 0 Å². The third kappa shape index (κ3) is 5.35. The summed E-state index contributed by atoms with van der Waals surface area (Å²) in [5.41, 5.74) is 1.47. The second-order valence-electron chi connectivity index (χ2n) is 7.52. The van der Waals surface area contributed by atoms with Gasteiger partial charge in [0.15, 0.2) is 5.11 Å². The van der Waals surface area contributed by atoms with Crippen LogP contribution in [0.15, 0.2) is 64.1 Å². The Bertz CT molecular complexity index is 1520. The zero-order valence-corrected chi connectivity index (χ0v) is 19.9. The second-order valence-corrected chi connectivity index (χ2v) is 9.61. The molecule has 0 saturated carbocycles. The minimum atomic E-state index is -4.47. The summed E-state index contributed by atoms with van der Waals surface area (Å²) in [4.78, 5) is 4.00. The van der Waals surface area contributed by atoms with Gasteiger partial charge in [-0.2, -0.15) is 13.2 Å². The summed E-state index contributed by atoms with van der Waals surface area (Å²) < 4.78 is 71.5. The molecule has 0 saturated heterocycles. The predicted molar refractivity (Wildman–Crippen MR) is 130 cm³/mol. The van der Waals surface area contributed by atoms with E-state index in [2.05, 4.69) is 25.5 Å². The molecule has 0 bridgehead atoms. The van der Waals surface area contributed by atoms with Crippen LogP contribution in [0.25, 0.3) is 10.9 Å². The van der Waals surface area contributed by atoms with Gasteiger partial charge in [0.2, 0.25) is 5.88 Å². The second kappa shape index (κ2) is 9.15. The normalized spacial score (nSPS) is 11.9. The number of halogens is 3. The number of benzene rings is 2. The fourth-order valence-electron chi connectivity index (χ4n) is 3.13. The maximum atomic E-state index is 13.0. The molecular formula is C22H18F3N5O3S2. The van der Waals surface area contributed by atoms with Crippen LogP contribution in [-0.2, 0) is 16.2 Å². The van der Waals surface area contributed by atoms with Crippen molar-refractivity contribution in [3.05, 3.63) is 71.5 Å². The molecule has 2 heterocycles. The number of hydrogen-bond acceptors (Lipinski definition) is 6. The van der Waals surface area contributed by atoms with Gasteiger partial charge in [-0.3, -0.25) is 4.98 Å². The van der Waals surface area contributed by atoms with Crippen LogP contribution in [0.5, 0.6) is 0 Å². The lowest BCUT2D eigenvalue weighted by Crippen LogP contribution is -2.19. The SMILES string of the molecule is Cc1noc(NS(=O)(=O)c2ccc(NC(=S)Nc3ccnc4cc(C(F)(F)F)ccc34)cc2)c1C. The molecule has 4 rings (SSSR count). The molecule has 3 N–H and O–H groups in total. The molecule has 0 aliphatic carbocycles. The Morgan fingerprint density at radius 1 is 1.03 bits per heavy atom. The number of aryl methyl sites for hydroxylation is 1. The van der Waals surface area contributed by atoms with Crippen LogP contribution in [0.2, 0.25) is 0 Å². The van der Waals surface area contributed by atoms with Crippen LogP contribution < -0.4 is 15.4 Å². The van der Waals surface area contributed by atoms with Gasteiger partial charge < -0.3 is 15.2 Å². The molecule has 182 valence electrons. The number of aromatic nitrogens is 2. The van der Waals surface area contributed by atoms with E-state index in [4.69, 9.17) is 16.7 Å². The van der Waals surface area contributed by atoms with Crippen molar-refractivity contribution in [2.75, 3.05) is 15.4 Å². The van der Waals surface area contributed by atoms with Gasteiger partial charge in [-0.05, 0) is 68.5 Å². The average Bonchev–Trinajstić information content (AvgIpc) is 3.10. The fraction of sp³-hybridized carbons (Fsp3) is 0.136. The zero-order chi connectivity index (χ0) is 25.4. The summed E-state index contributed by atoms with van der Waals surface area (Å²) in [7, 11) is -3.90. The Hall–Kier alpha value is -3.71. The van der Waals surface area contributed by atoms with Gasteiger partial charge in [-0.1, -0.05) is 11.2 Å². The minimum absolute atomic E-state index is 0.00372. The number of pyridine rings is 1. The summed E-state index contributed by atoms with van der Waals surface area (Å²) in [5, 5.41) is 10.2. The molecule has 4 aromatic rings. The van der Waals surface area contributed by atoms with Gasteiger partial charge in [0, 0.05) is 22.8 Å². The van der Waals surface area contributed by atoms with E-state index in [1.807, 2.05) is 0 Å². The van der Waals surface area contributed by atoms with E-state index in [0.29, 0.717) is 28.0 Å². The highest BCUT2D eigenvalue weighted by molar-refractivity contribution is 7.92. The van der Waals surface area contributed by atoms with E-state index in [1.165, 1.54) is 36.5 Å². The Morgan fingerprint density at radius 2 is 1.74 bits per heavy atom. The Balaban J connectivity index is 1.46. The van der Waals surface area contributed by atoms with Gasteiger partial charge in [0.05, 0.1) is 27.4 Å². The highest BCUT2D eigenvalue weighted by Gasteiger charge is 2.30. The molecule has 0 unspecified atom stereocenters. The van der Waals surface area contributed by atoms with E-state index in [-0.39, 0.29) is 21.4 Å². The highest BCUT2D eigenvalue weighted by Crippen LogP contribution is 2.32. The molecular weight excluding hydrogens is 503 g/mol. The van der Waals surface area contributed by atoms with Gasteiger partial charge in [-0.25, -0.2) is 13.1 Å². The average molecular weight is 522 g/mol. The number of sulfonamides is 1. The molecule has 0 aliphatic rings. The van der Waals surface area contributed by atoms with Crippen molar-refractivity contribution in [1.82, 2.24) is 10.1 Å². The van der Waals surface area contributed by atoms with Crippen molar-refractivity contribution in [3.8, 4) is 0 Å². The van der Waals surface area contributed by atoms with Crippen molar-refractivity contribution in [3.63, 3.8) is 0 Å². The topological polar surface area (TPSA) is 109 Å². The number of hydrogen-bond donors (Lipinski definition) is 3. The quantitative estimate of drug-likeness (QED) is 0.297. The first kappa shape index (κ1) is 24.4. The molecule has 13 heteroatoms. The number of rotatable bonds is 5. The van der Waals surface area contributed by atoms with E-state index in [1.54, 1.807) is 19.9 Å². The molecule has 0 fully saturated rings. The van der Waals surface area contributed by atoms with Crippen molar-refractivity contribution >= 4 is 55.5 Å². The number of nitrogens with zero attached hydrogens (tertiary/aromatic N) is 2. The van der Waals surface area contributed by atoms with Crippen LogP contribution in [-0.4, -0.2) is 23.7 Å². The largest absolute Gasteiger partial charge is 0.416 e. The summed E-state index contributed by atoms with van der Waals surface area (Å²) in [5.74, 6) is 0.0435. The van der Waals surface area contributed by atoms with Gasteiger partial charge in [0.25, 0.3) is 10.0 Å². The fourth-order valence-corrected chi connectivity index (χ4v) is 4.40. The Labute approximate surface area is 203 Å². The first-order valence-corrected chi connectivity index (χ1v) is 11.9. The maximum Gasteiger partial charge on any atom is 0.416 e. The lowest BCUT2D eigenvalue weighted by atomic mass is 10.1. The lowest BCUT2D eigenvalue weighted by molar-refractivity contribution is -0.137. The summed E-state index contributed by atoms with van der Waals surface area (Å²) in [6.07, 6.45) is -3.10. The zero-order valence-electron chi connectivity index (χ0n) is 18.3. The third-order valence-corrected chi connectivity index (χ3v) is 6.68. The minimum Gasteiger partial charge on any atom is -0.337 e. The van der Waals surface area contributed by atoms with E-state index in [0.717, 1.165) is 12.1 Å². The maximum absolute atomic E-state index is 13.0. The predicted octanol–water partition coefficient (Wildman–Crippen LogP) is 5.47. The molecule has 35 heavy (non-hydrogen) atoms. The van der Waals surface area contributed by atoms with E-state index in [9.17, 15) is 21.6 Å². The monoisotopic (exact) mass is 521 g/mol. The number of anilines is 3. The van der Waals surface area contributed by atoms with Crippen LogP contribution in [0.1, 0.15) is 16.8 Å². The van der Waals surface area contributed by atoms with Crippen LogP contribution >= 0.6 is 12.2 Å².